The number of carbonyl (C=O) groups excluding carboxylic acids is 1. The number of fused-ring (bicyclic) bond motifs is 1. The summed E-state index contributed by atoms with van der Waals surface area (Å²) in [4.78, 5) is 20.1. The van der Waals surface area contributed by atoms with Crippen molar-refractivity contribution in [2.24, 2.45) is 0 Å². The molecule has 1 fully saturated rings. The van der Waals surface area contributed by atoms with Gasteiger partial charge in [-0.3, -0.25) is 5.32 Å². The third-order valence-corrected chi connectivity index (χ3v) is 5.72. The average molecular weight is 373 g/mol. The molecule has 0 aliphatic carbocycles. The molecule has 0 saturated carbocycles. The molecule has 0 bridgehead atoms. The van der Waals surface area contributed by atoms with Crippen LogP contribution < -0.4 is 5.32 Å². The number of carbonyl (C=O) groups is 1. The van der Waals surface area contributed by atoms with E-state index in [2.05, 4.69) is 34.6 Å². The van der Waals surface area contributed by atoms with Crippen LogP contribution in [-0.4, -0.2) is 48.3 Å². The van der Waals surface area contributed by atoms with Crippen LogP contribution in [0.4, 0.5) is 9.93 Å². The Balaban J connectivity index is 1.30. The lowest BCUT2D eigenvalue weighted by Gasteiger charge is -2.32. The van der Waals surface area contributed by atoms with E-state index < -0.39 is 0 Å². The maximum atomic E-state index is 12.6. The summed E-state index contributed by atoms with van der Waals surface area (Å²) in [6.07, 6.45) is 2.77. The second-order valence-electron chi connectivity index (χ2n) is 6.58. The molecule has 26 heavy (non-hydrogen) atoms. The van der Waals surface area contributed by atoms with E-state index in [-0.39, 0.29) is 12.1 Å². The van der Waals surface area contributed by atoms with Gasteiger partial charge in [0.2, 0.25) is 0 Å². The van der Waals surface area contributed by atoms with E-state index in [1.165, 1.54) is 16.9 Å². The molecule has 3 heterocycles. The summed E-state index contributed by atoms with van der Waals surface area (Å²) in [5.41, 5.74) is 2.35. The Labute approximate surface area is 157 Å². The highest BCUT2D eigenvalue weighted by Crippen LogP contribution is 2.27. The summed E-state index contributed by atoms with van der Waals surface area (Å²) in [6, 6.07) is 10.3. The van der Waals surface area contributed by atoms with Crippen molar-refractivity contribution in [3.8, 4) is 0 Å². The smallest absolute Gasteiger partial charge is 0.323 e. The number of amides is 2. The fraction of sp³-hybridized carbons (Fsp3) is 0.474. The first-order chi connectivity index (χ1) is 12.8. The summed E-state index contributed by atoms with van der Waals surface area (Å²) in [7, 11) is 0. The molecule has 1 atom stereocenters. The van der Waals surface area contributed by atoms with Crippen molar-refractivity contribution < 1.29 is 14.3 Å². The van der Waals surface area contributed by atoms with E-state index in [9.17, 15) is 4.79 Å². The second kappa shape index (κ2) is 8.16. The van der Waals surface area contributed by atoms with Crippen LogP contribution in [0.25, 0.3) is 0 Å². The number of anilines is 1. The third kappa shape index (κ3) is 4.23. The predicted molar refractivity (Wildman–Crippen MR) is 101 cm³/mol. The number of aromatic nitrogens is 1. The highest BCUT2D eigenvalue weighted by molar-refractivity contribution is 7.15. The standard InChI is InChI=1S/C19H23N3O3S/c23-19(21-18-20-16-8-10-24-13-17(16)26-18)22-9-11-25-15(12-22)7-6-14-4-2-1-3-5-14/h1-5,15H,6-13H2,(H,20,21,23). The van der Waals surface area contributed by atoms with Gasteiger partial charge in [-0.25, -0.2) is 9.78 Å². The van der Waals surface area contributed by atoms with Crippen molar-refractivity contribution in [1.29, 1.82) is 0 Å². The van der Waals surface area contributed by atoms with Gasteiger partial charge in [0, 0.05) is 19.5 Å². The van der Waals surface area contributed by atoms with E-state index in [1.54, 1.807) is 0 Å². The van der Waals surface area contributed by atoms with Crippen LogP contribution in [-0.2, 0) is 28.9 Å². The number of nitrogens with zero attached hydrogens (tertiary/aromatic N) is 2. The van der Waals surface area contributed by atoms with Crippen LogP contribution in [0.3, 0.4) is 0 Å². The summed E-state index contributed by atoms with van der Waals surface area (Å²) >= 11 is 1.51. The van der Waals surface area contributed by atoms with Gasteiger partial charge in [-0.15, -0.1) is 0 Å². The number of rotatable bonds is 4. The molecule has 138 valence electrons. The van der Waals surface area contributed by atoms with Gasteiger partial charge in [-0.2, -0.15) is 0 Å². The van der Waals surface area contributed by atoms with Crippen LogP contribution in [0.15, 0.2) is 30.3 Å². The molecular formula is C19H23N3O3S. The summed E-state index contributed by atoms with van der Waals surface area (Å²) in [5, 5.41) is 3.61. The van der Waals surface area contributed by atoms with E-state index in [0.717, 1.165) is 29.8 Å². The minimum Gasteiger partial charge on any atom is -0.375 e. The Hall–Kier alpha value is -1.96. The van der Waals surface area contributed by atoms with Gasteiger partial charge in [0.1, 0.15) is 0 Å². The molecule has 0 spiro atoms. The Morgan fingerprint density at radius 2 is 2.19 bits per heavy atom. The predicted octanol–water partition coefficient (Wildman–Crippen LogP) is 3.08. The van der Waals surface area contributed by atoms with Gasteiger partial charge in [0.25, 0.3) is 0 Å². The van der Waals surface area contributed by atoms with Gasteiger partial charge < -0.3 is 14.4 Å². The maximum absolute atomic E-state index is 12.6. The number of ether oxygens (including phenoxy) is 2. The van der Waals surface area contributed by atoms with Crippen LogP contribution in [0.5, 0.6) is 0 Å². The molecule has 6 nitrogen and oxygen atoms in total. The lowest BCUT2D eigenvalue weighted by molar-refractivity contribution is -0.0157. The van der Waals surface area contributed by atoms with Gasteiger partial charge in [-0.05, 0) is 18.4 Å². The molecule has 1 saturated heterocycles. The van der Waals surface area contributed by atoms with Gasteiger partial charge in [0.15, 0.2) is 5.13 Å². The van der Waals surface area contributed by atoms with E-state index >= 15 is 0 Å². The fourth-order valence-corrected chi connectivity index (χ4v) is 4.24. The van der Waals surface area contributed by atoms with E-state index in [4.69, 9.17) is 9.47 Å². The monoisotopic (exact) mass is 373 g/mol. The Kier molecular flexibility index (Phi) is 5.48. The van der Waals surface area contributed by atoms with Gasteiger partial charge in [0.05, 0.1) is 36.5 Å². The van der Waals surface area contributed by atoms with Crippen molar-refractivity contribution in [3.63, 3.8) is 0 Å². The Morgan fingerprint density at radius 3 is 3.04 bits per heavy atom. The van der Waals surface area contributed by atoms with Crippen LogP contribution in [0, 0.1) is 0 Å². The number of nitrogens with one attached hydrogen (secondary N) is 1. The molecule has 7 heteroatoms. The number of morpholine rings is 1. The van der Waals surface area contributed by atoms with Gasteiger partial charge >= 0.3 is 6.03 Å². The SMILES string of the molecule is O=C(Nc1nc2c(s1)COCC2)N1CCOC(CCc2ccccc2)C1. The molecule has 2 amide bonds. The minimum absolute atomic E-state index is 0.0765. The normalized spacial score (nSPS) is 19.8. The average Bonchev–Trinajstić information content (AvgIpc) is 3.09. The molecule has 1 N–H and O–H groups in total. The largest absolute Gasteiger partial charge is 0.375 e. The van der Waals surface area contributed by atoms with Crippen molar-refractivity contribution in [2.75, 3.05) is 31.6 Å². The maximum Gasteiger partial charge on any atom is 0.323 e. The summed E-state index contributed by atoms with van der Waals surface area (Å²) in [5.74, 6) is 0. The number of hydrogen-bond donors (Lipinski definition) is 1. The zero-order valence-electron chi connectivity index (χ0n) is 14.6. The number of thiazole rings is 1. The first-order valence-electron chi connectivity index (χ1n) is 9.06. The van der Waals surface area contributed by atoms with Gasteiger partial charge in [-0.1, -0.05) is 41.7 Å². The number of urea groups is 1. The van der Waals surface area contributed by atoms with E-state index in [0.29, 0.717) is 38.0 Å². The fourth-order valence-electron chi connectivity index (χ4n) is 3.30. The lowest BCUT2D eigenvalue weighted by atomic mass is 10.1. The molecule has 4 rings (SSSR count). The number of aryl methyl sites for hydroxylation is 1. The Morgan fingerprint density at radius 1 is 1.31 bits per heavy atom. The summed E-state index contributed by atoms with van der Waals surface area (Å²) < 4.78 is 11.3. The molecule has 2 aliphatic heterocycles. The quantitative estimate of drug-likeness (QED) is 0.895. The highest BCUT2D eigenvalue weighted by atomic mass is 32.1. The topological polar surface area (TPSA) is 63.7 Å². The van der Waals surface area contributed by atoms with Crippen molar-refractivity contribution in [1.82, 2.24) is 9.88 Å². The zero-order valence-corrected chi connectivity index (χ0v) is 15.5. The first kappa shape index (κ1) is 17.5. The molecule has 1 unspecified atom stereocenters. The molecular weight excluding hydrogens is 350 g/mol. The van der Waals surface area contributed by atoms with Crippen molar-refractivity contribution in [2.45, 2.75) is 32.0 Å². The number of hydrogen-bond acceptors (Lipinski definition) is 5. The Bertz CT molecular complexity index is 726. The number of benzene rings is 1. The van der Waals surface area contributed by atoms with Crippen molar-refractivity contribution >= 4 is 22.5 Å². The summed E-state index contributed by atoms with van der Waals surface area (Å²) in [6.45, 7) is 3.11. The zero-order chi connectivity index (χ0) is 17.8. The molecule has 1 aromatic heterocycles. The van der Waals surface area contributed by atoms with Crippen LogP contribution in [0.2, 0.25) is 0 Å². The lowest BCUT2D eigenvalue weighted by Crippen LogP contribution is -2.47. The van der Waals surface area contributed by atoms with Crippen molar-refractivity contribution in [3.05, 3.63) is 46.5 Å². The molecule has 0 radical (unpaired) electrons. The first-order valence-corrected chi connectivity index (χ1v) is 9.87. The van der Waals surface area contributed by atoms with Crippen LogP contribution in [0.1, 0.15) is 22.6 Å². The molecule has 2 aromatic rings. The van der Waals surface area contributed by atoms with E-state index in [1.807, 2.05) is 11.0 Å². The molecule has 1 aromatic carbocycles. The third-order valence-electron chi connectivity index (χ3n) is 4.73. The van der Waals surface area contributed by atoms with Crippen LogP contribution >= 0.6 is 11.3 Å². The molecule has 2 aliphatic rings. The minimum atomic E-state index is -0.0926. The highest BCUT2D eigenvalue weighted by Gasteiger charge is 2.25. The second-order valence-corrected chi connectivity index (χ2v) is 7.67.